The van der Waals surface area contributed by atoms with Gasteiger partial charge in [-0.1, -0.05) is 19.8 Å². The van der Waals surface area contributed by atoms with E-state index in [4.69, 9.17) is 6.42 Å². The van der Waals surface area contributed by atoms with Crippen LogP contribution in [-0.2, 0) is 9.59 Å². The van der Waals surface area contributed by atoms with E-state index < -0.39 is 0 Å². The summed E-state index contributed by atoms with van der Waals surface area (Å²) in [6.45, 7) is 1.97. The molecule has 2 amide bonds. The van der Waals surface area contributed by atoms with Crippen molar-refractivity contribution in [2.24, 2.45) is 5.41 Å². The Morgan fingerprint density at radius 1 is 1.28 bits per heavy atom. The number of hydrogen-bond donors (Lipinski definition) is 0. The lowest BCUT2D eigenvalue weighted by Crippen LogP contribution is -2.51. The number of nitrogens with zero attached hydrogens (tertiary/aromatic N) is 1. The van der Waals surface area contributed by atoms with Crippen LogP contribution in [0.15, 0.2) is 0 Å². The molecule has 0 N–H and O–H groups in total. The highest BCUT2D eigenvalue weighted by molar-refractivity contribution is 5.99. The molecule has 1 spiro atoms. The zero-order valence-electron chi connectivity index (χ0n) is 11.1. The Labute approximate surface area is 109 Å². The Morgan fingerprint density at radius 3 is 2.28 bits per heavy atom. The Kier molecular flexibility index (Phi) is 3.75. The van der Waals surface area contributed by atoms with Crippen LogP contribution in [0.1, 0.15) is 58.3 Å². The third kappa shape index (κ3) is 2.29. The van der Waals surface area contributed by atoms with E-state index in [-0.39, 0.29) is 23.3 Å². The highest BCUT2D eigenvalue weighted by atomic mass is 16.2. The molecule has 0 radical (unpaired) electrons. The summed E-state index contributed by atoms with van der Waals surface area (Å²) in [7, 11) is 0. The molecule has 0 aromatic rings. The molecule has 3 nitrogen and oxygen atoms in total. The van der Waals surface area contributed by atoms with Crippen molar-refractivity contribution in [3.8, 4) is 12.3 Å². The maximum absolute atomic E-state index is 12.3. The minimum atomic E-state index is -0.103. The molecule has 0 aromatic heterocycles. The van der Waals surface area contributed by atoms with Gasteiger partial charge in [0.05, 0.1) is 6.04 Å². The van der Waals surface area contributed by atoms with Crippen molar-refractivity contribution in [2.45, 2.75) is 64.3 Å². The van der Waals surface area contributed by atoms with Crippen molar-refractivity contribution < 1.29 is 9.59 Å². The first-order chi connectivity index (χ1) is 8.62. The lowest BCUT2D eigenvalue weighted by Gasteiger charge is -2.40. The van der Waals surface area contributed by atoms with Gasteiger partial charge in [0.2, 0.25) is 11.8 Å². The first-order valence-electron chi connectivity index (χ1n) is 6.90. The molecule has 1 unspecified atom stereocenters. The van der Waals surface area contributed by atoms with E-state index in [1.807, 2.05) is 6.92 Å². The summed E-state index contributed by atoms with van der Waals surface area (Å²) in [6, 6.07) is -0.103. The zero-order chi connectivity index (χ0) is 13.2. The van der Waals surface area contributed by atoms with Gasteiger partial charge in [-0.15, -0.1) is 12.3 Å². The van der Waals surface area contributed by atoms with Crippen LogP contribution in [0.4, 0.5) is 0 Å². The Hall–Kier alpha value is -1.30. The second-order valence-corrected chi connectivity index (χ2v) is 5.69. The van der Waals surface area contributed by atoms with Crippen molar-refractivity contribution in [3.63, 3.8) is 0 Å². The molecule has 2 fully saturated rings. The second kappa shape index (κ2) is 5.14. The molecule has 1 atom stereocenters. The van der Waals surface area contributed by atoms with Gasteiger partial charge in [-0.3, -0.25) is 14.5 Å². The van der Waals surface area contributed by atoms with Crippen molar-refractivity contribution in [2.75, 3.05) is 0 Å². The average molecular weight is 247 g/mol. The molecule has 1 saturated heterocycles. The van der Waals surface area contributed by atoms with Crippen LogP contribution in [0.3, 0.4) is 0 Å². The molecule has 2 rings (SSSR count). The minimum Gasteiger partial charge on any atom is -0.279 e. The van der Waals surface area contributed by atoms with Gasteiger partial charge in [0.25, 0.3) is 0 Å². The summed E-state index contributed by atoms with van der Waals surface area (Å²) in [4.78, 5) is 26.0. The molecule has 3 heteroatoms. The van der Waals surface area contributed by atoms with Gasteiger partial charge in [0.1, 0.15) is 0 Å². The van der Waals surface area contributed by atoms with Crippen LogP contribution < -0.4 is 0 Å². The average Bonchev–Trinajstić information content (AvgIpc) is 2.74. The maximum Gasteiger partial charge on any atom is 0.230 e. The van der Waals surface area contributed by atoms with Gasteiger partial charge in [-0.25, -0.2) is 0 Å². The Morgan fingerprint density at radius 2 is 1.83 bits per heavy atom. The van der Waals surface area contributed by atoms with Gasteiger partial charge in [0.15, 0.2) is 0 Å². The summed E-state index contributed by atoms with van der Waals surface area (Å²) in [5.74, 6) is 2.56. The third-order valence-corrected chi connectivity index (χ3v) is 4.44. The van der Waals surface area contributed by atoms with Gasteiger partial charge in [-0.05, 0) is 24.7 Å². The van der Waals surface area contributed by atoms with Gasteiger partial charge in [0, 0.05) is 19.3 Å². The predicted molar refractivity (Wildman–Crippen MR) is 69.5 cm³/mol. The number of carbonyl (C=O) groups excluding carboxylic acids is 2. The molecular formula is C15H21NO2. The molecule has 2 aliphatic rings. The van der Waals surface area contributed by atoms with Gasteiger partial charge < -0.3 is 0 Å². The van der Waals surface area contributed by atoms with Crippen LogP contribution >= 0.6 is 0 Å². The molecule has 0 bridgehead atoms. The number of amides is 2. The highest BCUT2D eigenvalue weighted by Crippen LogP contribution is 2.47. The summed E-state index contributed by atoms with van der Waals surface area (Å²) >= 11 is 0. The van der Waals surface area contributed by atoms with Crippen molar-refractivity contribution >= 4 is 11.8 Å². The monoisotopic (exact) mass is 247 g/mol. The largest absolute Gasteiger partial charge is 0.279 e. The zero-order valence-corrected chi connectivity index (χ0v) is 11.1. The molecule has 18 heavy (non-hydrogen) atoms. The van der Waals surface area contributed by atoms with Crippen molar-refractivity contribution in [1.82, 2.24) is 4.90 Å². The lowest BCUT2D eigenvalue weighted by atomic mass is 9.76. The van der Waals surface area contributed by atoms with E-state index in [0.717, 1.165) is 32.1 Å². The molecular weight excluding hydrogens is 226 g/mol. The fourth-order valence-corrected chi connectivity index (χ4v) is 3.45. The molecule has 0 aromatic carbocycles. The normalized spacial score (nSPS) is 24.3. The topological polar surface area (TPSA) is 37.4 Å². The van der Waals surface area contributed by atoms with Crippen LogP contribution in [0.2, 0.25) is 0 Å². The standard InChI is InChI=1S/C15H21NO2/c1-3-7-12(4-2)16-13(17)10-15(11-14(16)18)8-5-6-9-15/h1,12H,4-11H2,2H3. The minimum absolute atomic E-state index is 0.00440. The Bertz CT molecular complexity index is 368. The molecule has 1 aliphatic carbocycles. The summed E-state index contributed by atoms with van der Waals surface area (Å²) in [6.07, 6.45) is 12.0. The van der Waals surface area contributed by atoms with E-state index in [1.54, 1.807) is 0 Å². The first kappa shape index (κ1) is 13.1. The van der Waals surface area contributed by atoms with Crippen LogP contribution in [0, 0.1) is 17.8 Å². The van der Waals surface area contributed by atoms with E-state index >= 15 is 0 Å². The molecule has 98 valence electrons. The van der Waals surface area contributed by atoms with Crippen LogP contribution in [0.25, 0.3) is 0 Å². The number of carbonyl (C=O) groups is 2. The highest BCUT2D eigenvalue weighted by Gasteiger charge is 2.46. The number of likely N-dealkylation sites (tertiary alicyclic amines) is 1. The lowest BCUT2D eigenvalue weighted by molar-refractivity contribution is -0.156. The predicted octanol–water partition coefficient (Wildman–Crippen LogP) is 2.50. The van der Waals surface area contributed by atoms with Crippen molar-refractivity contribution in [3.05, 3.63) is 0 Å². The number of piperidine rings is 1. The fourth-order valence-electron chi connectivity index (χ4n) is 3.45. The Balaban J connectivity index is 2.13. The first-order valence-corrected chi connectivity index (χ1v) is 6.90. The number of rotatable bonds is 3. The quantitative estimate of drug-likeness (QED) is 0.567. The van der Waals surface area contributed by atoms with E-state index in [1.165, 1.54) is 4.90 Å². The number of hydrogen-bond acceptors (Lipinski definition) is 2. The molecule has 1 saturated carbocycles. The van der Waals surface area contributed by atoms with E-state index in [2.05, 4.69) is 5.92 Å². The van der Waals surface area contributed by atoms with Crippen LogP contribution in [-0.4, -0.2) is 22.8 Å². The van der Waals surface area contributed by atoms with E-state index in [9.17, 15) is 9.59 Å². The van der Waals surface area contributed by atoms with E-state index in [0.29, 0.717) is 19.3 Å². The maximum atomic E-state index is 12.3. The van der Waals surface area contributed by atoms with Gasteiger partial charge in [-0.2, -0.15) is 0 Å². The number of imide groups is 1. The third-order valence-electron chi connectivity index (χ3n) is 4.44. The molecule has 1 aliphatic heterocycles. The second-order valence-electron chi connectivity index (χ2n) is 5.69. The van der Waals surface area contributed by atoms with Crippen molar-refractivity contribution in [1.29, 1.82) is 0 Å². The number of terminal acetylenes is 1. The molecule has 1 heterocycles. The van der Waals surface area contributed by atoms with Gasteiger partial charge >= 0.3 is 0 Å². The summed E-state index contributed by atoms with van der Waals surface area (Å²) in [5.41, 5.74) is -0.0148. The summed E-state index contributed by atoms with van der Waals surface area (Å²) in [5, 5.41) is 0. The summed E-state index contributed by atoms with van der Waals surface area (Å²) < 4.78 is 0. The smallest absolute Gasteiger partial charge is 0.230 e. The SMILES string of the molecule is C#CCC(CC)N1C(=O)CC2(CCCC2)CC1=O. The van der Waals surface area contributed by atoms with Crippen LogP contribution in [0.5, 0.6) is 0 Å². The fraction of sp³-hybridized carbons (Fsp3) is 0.733.